The Morgan fingerprint density at radius 1 is 1.10 bits per heavy atom. The molecular formula is C14H9N5OS. The Morgan fingerprint density at radius 2 is 2.10 bits per heavy atom. The zero-order chi connectivity index (χ0) is 14.1. The van der Waals surface area contributed by atoms with E-state index < -0.39 is 0 Å². The number of nitrogens with zero attached hydrogens (tertiary/aromatic N) is 5. The lowest BCUT2D eigenvalue weighted by atomic mass is 10.2. The maximum Gasteiger partial charge on any atom is 0.262 e. The number of rotatable bonds is 3. The monoisotopic (exact) mass is 295 g/mol. The van der Waals surface area contributed by atoms with E-state index in [4.69, 9.17) is 4.52 Å². The van der Waals surface area contributed by atoms with Gasteiger partial charge in [0.05, 0.1) is 10.4 Å². The van der Waals surface area contributed by atoms with E-state index >= 15 is 0 Å². The first-order valence-corrected chi connectivity index (χ1v) is 7.13. The van der Waals surface area contributed by atoms with E-state index in [2.05, 4.69) is 20.2 Å². The van der Waals surface area contributed by atoms with Crippen molar-refractivity contribution in [1.82, 2.24) is 24.9 Å². The summed E-state index contributed by atoms with van der Waals surface area (Å²) in [6, 6.07) is 9.46. The number of pyridine rings is 1. The lowest BCUT2D eigenvalue weighted by Crippen LogP contribution is -2.00. The van der Waals surface area contributed by atoms with Gasteiger partial charge in [0.15, 0.2) is 5.82 Å². The van der Waals surface area contributed by atoms with Crippen LogP contribution in [0.15, 0.2) is 58.8 Å². The highest BCUT2D eigenvalue weighted by Crippen LogP contribution is 2.27. The molecule has 4 heterocycles. The molecule has 0 unspecified atom stereocenters. The summed E-state index contributed by atoms with van der Waals surface area (Å²) in [5, 5.41) is 10.2. The second-order valence-electron chi connectivity index (χ2n) is 4.23. The van der Waals surface area contributed by atoms with E-state index in [1.165, 1.54) is 0 Å². The topological polar surface area (TPSA) is 69.6 Å². The second-order valence-corrected chi connectivity index (χ2v) is 5.17. The number of hydrogen-bond donors (Lipinski definition) is 0. The lowest BCUT2D eigenvalue weighted by molar-refractivity contribution is 0.432. The Bertz CT molecular complexity index is 851. The average Bonchev–Trinajstić information content (AvgIpc) is 3.27. The summed E-state index contributed by atoms with van der Waals surface area (Å²) in [6.45, 7) is 0. The zero-order valence-electron chi connectivity index (χ0n) is 10.7. The predicted molar refractivity (Wildman–Crippen MR) is 78.0 cm³/mol. The first-order valence-electron chi connectivity index (χ1n) is 6.25. The fourth-order valence-electron chi connectivity index (χ4n) is 1.98. The van der Waals surface area contributed by atoms with Crippen LogP contribution in [0.4, 0.5) is 0 Å². The highest BCUT2D eigenvalue weighted by molar-refractivity contribution is 7.13. The van der Waals surface area contributed by atoms with Crippen LogP contribution in [0.25, 0.3) is 28.0 Å². The Kier molecular flexibility index (Phi) is 2.82. The summed E-state index contributed by atoms with van der Waals surface area (Å²) in [6.07, 6.45) is 5.22. The van der Waals surface area contributed by atoms with Crippen LogP contribution in [0.1, 0.15) is 0 Å². The van der Waals surface area contributed by atoms with Gasteiger partial charge >= 0.3 is 0 Å². The van der Waals surface area contributed by atoms with Gasteiger partial charge in [0.1, 0.15) is 0 Å². The number of aromatic nitrogens is 5. The van der Waals surface area contributed by atoms with E-state index in [0.29, 0.717) is 17.5 Å². The van der Waals surface area contributed by atoms with Crippen LogP contribution in [0.5, 0.6) is 0 Å². The molecule has 0 spiro atoms. The Labute approximate surface area is 123 Å². The van der Waals surface area contributed by atoms with Crippen LogP contribution in [-0.2, 0) is 0 Å². The molecule has 0 aliphatic carbocycles. The molecule has 0 fully saturated rings. The Balaban J connectivity index is 1.81. The molecule has 21 heavy (non-hydrogen) atoms. The molecule has 4 aromatic rings. The first-order chi connectivity index (χ1) is 10.4. The molecule has 0 saturated heterocycles. The molecule has 0 saturated carbocycles. The van der Waals surface area contributed by atoms with Gasteiger partial charge in [-0.3, -0.25) is 0 Å². The summed E-state index contributed by atoms with van der Waals surface area (Å²) >= 11 is 1.57. The molecule has 0 N–H and O–H groups in total. The van der Waals surface area contributed by atoms with Crippen molar-refractivity contribution in [2.45, 2.75) is 0 Å². The minimum atomic E-state index is 0.428. The third-order valence-corrected chi connectivity index (χ3v) is 3.77. The standard InChI is InChI=1S/C14H9N5OS/c1-4-10(13(15-6-1)19-8-3-7-16-19)14-17-12(18-20-14)11-5-2-9-21-11/h1-9H. The van der Waals surface area contributed by atoms with Crippen LogP contribution in [0.2, 0.25) is 0 Å². The molecular weight excluding hydrogens is 286 g/mol. The van der Waals surface area contributed by atoms with Gasteiger partial charge < -0.3 is 4.52 Å². The molecule has 0 aromatic carbocycles. The molecule has 0 aliphatic rings. The molecule has 0 aliphatic heterocycles. The van der Waals surface area contributed by atoms with Gasteiger partial charge in [0.25, 0.3) is 5.89 Å². The first kappa shape index (κ1) is 12.0. The van der Waals surface area contributed by atoms with E-state index in [1.807, 2.05) is 41.9 Å². The number of hydrogen-bond acceptors (Lipinski definition) is 6. The third-order valence-electron chi connectivity index (χ3n) is 2.91. The van der Waals surface area contributed by atoms with Crippen molar-refractivity contribution >= 4 is 11.3 Å². The summed E-state index contributed by atoms with van der Waals surface area (Å²) in [5.41, 5.74) is 0.747. The smallest absolute Gasteiger partial charge is 0.262 e. The van der Waals surface area contributed by atoms with Gasteiger partial charge in [-0.25, -0.2) is 9.67 Å². The fourth-order valence-corrected chi connectivity index (χ4v) is 2.63. The van der Waals surface area contributed by atoms with Crippen molar-refractivity contribution in [3.05, 3.63) is 54.3 Å². The lowest BCUT2D eigenvalue weighted by Gasteiger charge is -2.03. The summed E-state index contributed by atoms with van der Waals surface area (Å²) in [5.74, 6) is 1.66. The SMILES string of the molecule is c1csc(-c2noc(-c3cccnc3-n3cccn3)n2)c1. The Hall–Kier alpha value is -2.80. The van der Waals surface area contributed by atoms with Gasteiger partial charge in [0, 0.05) is 18.6 Å². The van der Waals surface area contributed by atoms with Gasteiger partial charge in [0.2, 0.25) is 5.82 Å². The second kappa shape index (κ2) is 4.95. The summed E-state index contributed by atoms with van der Waals surface area (Å²) < 4.78 is 7.05. The normalized spacial score (nSPS) is 10.9. The molecule has 7 heteroatoms. The summed E-state index contributed by atoms with van der Waals surface area (Å²) in [7, 11) is 0. The summed E-state index contributed by atoms with van der Waals surface area (Å²) in [4.78, 5) is 9.76. The van der Waals surface area contributed by atoms with E-state index in [9.17, 15) is 0 Å². The predicted octanol–water partition coefficient (Wildman–Crippen LogP) is 3.05. The molecule has 6 nitrogen and oxygen atoms in total. The van der Waals surface area contributed by atoms with Crippen LogP contribution in [0, 0.1) is 0 Å². The minimum Gasteiger partial charge on any atom is -0.333 e. The van der Waals surface area contributed by atoms with Crippen molar-refractivity contribution in [2.75, 3.05) is 0 Å². The van der Waals surface area contributed by atoms with Crippen LogP contribution in [0.3, 0.4) is 0 Å². The highest BCUT2D eigenvalue weighted by Gasteiger charge is 2.16. The van der Waals surface area contributed by atoms with E-state index in [1.54, 1.807) is 28.4 Å². The maximum absolute atomic E-state index is 5.38. The van der Waals surface area contributed by atoms with Crippen molar-refractivity contribution in [3.63, 3.8) is 0 Å². The largest absolute Gasteiger partial charge is 0.333 e. The molecule has 4 aromatic heterocycles. The van der Waals surface area contributed by atoms with Crippen molar-refractivity contribution in [2.24, 2.45) is 0 Å². The molecule has 0 radical (unpaired) electrons. The fraction of sp³-hybridized carbons (Fsp3) is 0. The third kappa shape index (κ3) is 2.13. The molecule has 0 amide bonds. The van der Waals surface area contributed by atoms with Gasteiger partial charge in [-0.15, -0.1) is 11.3 Å². The number of thiophene rings is 1. The van der Waals surface area contributed by atoms with E-state index in [0.717, 1.165) is 10.4 Å². The van der Waals surface area contributed by atoms with Crippen LogP contribution < -0.4 is 0 Å². The van der Waals surface area contributed by atoms with E-state index in [-0.39, 0.29) is 0 Å². The highest BCUT2D eigenvalue weighted by atomic mass is 32.1. The maximum atomic E-state index is 5.38. The molecule has 0 atom stereocenters. The van der Waals surface area contributed by atoms with Gasteiger partial charge in [-0.1, -0.05) is 11.2 Å². The molecule has 0 bridgehead atoms. The van der Waals surface area contributed by atoms with Crippen molar-refractivity contribution in [1.29, 1.82) is 0 Å². The van der Waals surface area contributed by atoms with Gasteiger partial charge in [-0.05, 0) is 29.6 Å². The van der Waals surface area contributed by atoms with Crippen molar-refractivity contribution in [3.8, 4) is 28.0 Å². The zero-order valence-corrected chi connectivity index (χ0v) is 11.6. The van der Waals surface area contributed by atoms with Gasteiger partial charge in [-0.2, -0.15) is 10.1 Å². The average molecular weight is 295 g/mol. The molecule has 102 valence electrons. The molecule has 4 rings (SSSR count). The Morgan fingerprint density at radius 3 is 2.90 bits per heavy atom. The van der Waals surface area contributed by atoms with Crippen molar-refractivity contribution < 1.29 is 4.52 Å². The van der Waals surface area contributed by atoms with Crippen LogP contribution in [-0.4, -0.2) is 24.9 Å². The quantitative estimate of drug-likeness (QED) is 0.581. The minimum absolute atomic E-state index is 0.428. The van der Waals surface area contributed by atoms with Crippen LogP contribution >= 0.6 is 11.3 Å².